The molecule has 0 radical (unpaired) electrons. The van der Waals surface area contributed by atoms with E-state index in [0.717, 1.165) is 44.7 Å². The lowest BCUT2D eigenvalue weighted by atomic mass is 9.88. The highest BCUT2D eigenvalue weighted by atomic mass is 16.4. The van der Waals surface area contributed by atoms with E-state index in [0.29, 0.717) is 26.1 Å². The first-order chi connectivity index (χ1) is 12.1. The van der Waals surface area contributed by atoms with Crippen molar-refractivity contribution in [2.24, 2.45) is 11.8 Å². The molecule has 0 aromatic carbocycles. The standard InChI is InChI=1S/C18H28N4O3/c1-2-6-21-9-5-19-16(21)13-20-11-14(10-15(12-20)18(24)25)17(23)22-7-3-4-8-22/h5,9,14-15H,2-4,6-8,10-13H2,1H3,(H,24,25)/t14-,15+/m0/s1. The van der Waals surface area contributed by atoms with Crippen LogP contribution in [0.2, 0.25) is 0 Å². The van der Waals surface area contributed by atoms with Gasteiger partial charge in [0.15, 0.2) is 0 Å². The van der Waals surface area contributed by atoms with E-state index < -0.39 is 11.9 Å². The number of piperidine rings is 1. The number of carboxylic acid groups (broad SMARTS) is 1. The van der Waals surface area contributed by atoms with Crippen LogP contribution in [0.4, 0.5) is 0 Å². The summed E-state index contributed by atoms with van der Waals surface area (Å²) >= 11 is 0. The summed E-state index contributed by atoms with van der Waals surface area (Å²) in [6.45, 7) is 6.36. The molecule has 3 heterocycles. The van der Waals surface area contributed by atoms with Gasteiger partial charge in [0.25, 0.3) is 0 Å². The number of carbonyl (C=O) groups is 2. The second kappa shape index (κ2) is 7.99. The third kappa shape index (κ3) is 4.21. The molecule has 1 aromatic rings. The van der Waals surface area contributed by atoms with Crippen LogP contribution in [-0.4, -0.2) is 62.5 Å². The molecular weight excluding hydrogens is 320 g/mol. The van der Waals surface area contributed by atoms with E-state index in [-0.39, 0.29) is 11.8 Å². The zero-order chi connectivity index (χ0) is 17.8. The Morgan fingerprint density at radius 1 is 1.24 bits per heavy atom. The molecule has 2 fully saturated rings. The van der Waals surface area contributed by atoms with Crippen molar-refractivity contribution in [2.75, 3.05) is 26.2 Å². The van der Waals surface area contributed by atoms with Crippen molar-refractivity contribution < 1.29 is 14.7 Å². The minimum atomic E-state index is -0.805. The van der Waals surface area contributed by atoms with Gasteiger partial charge in [-0.1, -0.05) is 6.92 Å². The number of hydrogen-bond donors (Lipinski definition) is 1. The monoisotopic (exact) mass is 348 g/mol. The van der Waals surface area contributed by atoms with E-state index >= 15 is 0 Å². The van der Waals surface area contributed by atoms with Crippen LogP contribution >= 0.6 is 0 Å². The molecule has 0 saturated carbocycles. The number of aliphatic carboxylic acids is 1. The predicted molar refractivity (Wildman–Crippen MR) is 92.8 cm³/mol. The second-order valence-electron chi connectivity index (χ2n) is 7.23. The lowest BCUT2D eigenvalue weighted by Crippen LogP contribution is -2.48. The van der Waals surface area contributed by atoms with Crippen LogP contribution in [0, 0.1) is 11.8 Å². The summed E-state index contributed by atoms with van der Waals surface area (Å²) in [5.41, 5.74) is 0. The molecule has 1 aromatic heterocycles. The second-order valence-corrected chi connectivity index (χ2v) is 7.23. The zero-order valence-electron chi connectivity index (χ0n) is 14.9. The lowest BCUT2D eigenvalue weighted by Gasteiger charge is -2.36. The maximum absolute atomic E-state index is 12.8. The van der Waals surface area contributed by atoms with Crippen molar-refractivity contribution in [1.29, 1.82) is 0 Å². The summed E-state index contributed by atoms with van der Waals surface area (Å²) in [5.74, 6) is -0.436. The van der Waals surface area contributed by atoms with Gasteiger partial charge < -0.3 is 14.6 Å². The van der Waals surface area contributed by atoms with E-state index in [4.69, 9.17) is 0 Å². The van der Waals surface area contributed by atoms with Crippen LogP contribution in [0.15, 0.2) is 12.4 Å². The zero-order valence-corrected chi connectivity index (χ0v) is 14.9. The molecule has 2 aliphatic rings. The van der Waals surface area contributed by atoms with Crippen LogP contribution < -0.4 is 0 Å². The molecule has 2 saturated heterocycles. The number of aromatic nitrogens is 2. The molecule has 1 N–H and O–H groups in total. The summed E-state index contributed by atoms with van der Waals surface area (Å²) in [7, 11) is 0. The van der Waals surface area contributed by atoms with Crippen molar-refractivity contribution >= 4 is 11.9 Å². The van der Waals surface area contributed by atoms with Crippen molar-refractivity contribution in [3.8, 4) is 0 Å². The molecule has 25 heavy (non-hydrogen) atoms. The summed E-state index contributed by atoms with van der Waals surface area (Å²) < 4.78 is 2.11. The van der Waals surface area contributed by atoms with Gasteiger partial charge in [-0.3, -0.25) is 14.5 Å². The Hall–Kier alpha value is -1.89. The van der Waals surface area contributed by atoms with Crippen molar-refractivity contribution in [3.05, 3.63) is 18.2 Å². The molecule has 138 valence electrons. The molecular formula is C18H28N4O3. The van der Waals surface area contributed by atoms with E-state index in [9.17, 15) is 14.7 Å². The Balaban J connectivity index is 1.70. The number of hydrogen-bond acceptors (Lipinski definition) is 4. The highest BCUT2D eigenvalue weighted by molar-refractivity contribution is 5.80. The molecule has 0 spiro atoms. The normalized spacial score (nSPS) is 24.6. The van der Waals surface area contributed by atoms with Gasteiger partial charge >= 0.3 is 5.97 Å². The van der Waals surface area contributed by atoms with Gasteiger partial charge in [-0.05, 0) is 25.7 Å². The van der Waals surface area contributed by atoms with E-state index in [1.54, 1.807) is 6.20 Å². The average Bonchev–Trinajstić information content (AvgIpc) is 3.27. The van der Waals surface area contributed by atoms with Gasteiger partial charge in [0.1, 0.15) is 5.82 Å². The third-order valence-electron chi connectivity index (χ3n) is 5.27. The minimum absolute atomic E-state index is 0.130. The maximum Gasteiger partial charge on any atom is 0.307 e. The molecule has 0 bridgehead atoms. The largest absolute Gasteiger partial charge is 0.481 e. The molecule has 2 aliphatic heterocycles. The lowest BCUT2D eigenvalue weighted by molar-refractivity contribution is -0.147. The topological polar surface area (TPSA) is 78.7 Å². The first-order valence-electron chi connectivity index (χ1n) is 9.32. The van der Waals surface area contributed by atoms with Crippen LogP contribution in [0.5, 0.6) is 0 Å². The third-order valence-corrected chi connectivity index (χ3v) is 5.27. The molecule has 7 heteroatoms. The summed E-state index contributed by atoms with van der Waals surface area (Å²) in [4.78, 5) is 32.8. The highest BCUT2D eigenvalue weighted by Crippen LogP contribution is 2.26. The fourth-order valence-electron chi connectivity index (χ4n) is 4.01. The smallest absolute Gasteiger partial charge is 0.307 e. The average molecular weight is 348 g/mol. The Morgan fingerprint density at radius 2 is 1.96 bits per heavy atom. The van der Waals surface area contributed by atoms with E-state index in [1.165, 1.54) is 0 Å². The fourth-order valence-corrected chi connectivity index (χ4v) is 4.01. The maximum atomic E-state index is 12.8. The fraction of sp³-hybridized carbons (Fsp3) is 0.722. The summed E-state index contributed by atoms with van der Waals surface area (Å²) in [6.07, 6.45) is 7.33. The number of amides is 1. The first-order valence-corrected chi connectivity index (χ1v) is 9.32. The molecule has 3 rings (SSSR count). The quantitative estimate of drug-likeness (QED) is 0.841. The minimum Gasteiger partial charge on any atom is -0.481 e. The van der Waals surface area contributed by atoms with Crippen LogP contribution in [-0.2, 0) is 22.7 Å². The van der Waals surface area contributed by atoms with Gasteiger partial charge in [0, 0.05) is 45.1 Å². The first kappa shape index (κ1) is 17.9. The number of aryl methyl sites for hydroxylation is 1. The predicted octanol–water partition coefficient (Wildman–Crippen LogP) is 1.44. The Labute approximate surface area is 148 Å². The van der Waals surface area contributed by atoms with Crippen LogP contribution in [0.1, 0.15) is 38.4 Å². The SMILES string of the molecule is CCCn1ccnc1CN1C[C@H](C(=O)O)C[C@H](C(=O)N2CCCC2)C1. The molecule has 7 nitrogen and oxygen atoms in total. The van der Waals surface area contributed by atoms with Crippen molar-refractivity contribution in [3.63, 3.8) is 0 Å². The van der Waals surface area contributed by atoms with Crippen molar-refractivity contribution in [2.45, 2.75) is 45.7 Å². The van der Waals surface area contributed by atoms with Crippen LogP contribution in [0.3, 0.4) is 0 Å². The summed E-state index contributed by atoms with van der Waals surface area (Å²) in [5, 5.41) is 9.51. The Bertz CT molecular complexity index is 609. The molecule has 0 unspecified atom stereocenters. The number of carboxylic acids is 1. The Morgan fingerprint density at radius 3 is 2.64 bits per heavy atom. The van der Waals surface area contributed by atoms with Gasteiger partial charge in [-0.25, -0.2) is 4.98 Å². The van der Waals surface area contributed by atoms with Gasteiger partial charge in [0.05, 0.1) is 18.4 Å². The number of imidazole rings is 1. The van der Waals surface area contributed by atoms with Crippen molar-refractivity contribution in [1.82, 2.24) is 19.4 Å². The number of carbonyl (C=O) groups excluding carboxylic acids is 1. The number of rotatable bonds is 6. The van der Waals surface area contributed by atoms with E-state index in [2.05, 4.69) is 21.4 Å². The molecule has 0 aliphatic carbocycles. The number of likely N-dealkylation sites (tertiary alicyclic amines) is 2. The van der Waals surface area contributed by atoms with E-state index in [1.807, 2.05) is 11.1 Å². The van der Waals surface area contributed by atoms with Gasteiger partial charge in [-0.15, -0.1) is 0 Å². The Kier molecular flexibility index (Phi) is 5.73. The highest BCUT2D eigenvalue weighted by Gasteiger charge is 2.37. The van der Waals surface area contributed by atoms with Crippen LogP contribution in [0.25, 0.3) is 0 Å². The van der Waals surface area contributed by atoms with Gasteiger partial charge in [-0.2, -0.15) is 0 Å². The summed E-state index contributed by atoms with van der Waals surface area (Å²) in [6, 6.07) is 0. The molecule has 1 amide bonds. The van der Waals surface area contributed by atoms with Gasteiger partial charge in [0.2, 0.25) is 5.91 Å². The molecule has 2 atom stereocenters. The number of nitrogens with zero attached hydrogens (tertiary/aromatic N) is 4.